The maximum absolute atomic E-state index is 12.8. The monoisotopic (exact) mass is 377 g/mol. The zero-order chi connectivity index (χ0) is 19.1. The van der Waals surface area contributed by atoms with Crippen LogP contribution in [-0.4, -0.2) is 51.1 Å². The minimum atomic E-state index is -0.368. The minimum Gasteiger partial charge on any atom is -0.355 e. The molecule has 1 N–H and O–H groups in total. The molecule has 26 heavy (non-hydrogen) atoms. The first-order valence-electron chi connectivity index (χ1n) is 8.72. The summed E-state index contributed by atoms with van der Waals surface area (Å²) in [6.45, 7) is 6.72. The molecule has 2 amide bonds. The zero-order valence-corrected chi connectivity index (χ0v) is 16.1. The van der Waals surface area contributed by atoms with Gasteiger partial charge in [-0.3, -0.25) is 9.59 Å². The van der Waals surface area contributed by atoms with E-state index in [1.165, 1.54) is 9.58 Å². The summed E-state index contributed by atoms with van der Waals surface area (Å²) < 4.78 is 1.54. The van der Waals surface area contributed by atoms with Gasteiger partial charge in [-0.1, -0.05) is 37.6 Å². The number of hydrogen-bond acceptors (Lipinski definition) is 4. The van der Waals surface area contributed by atoms with Gasteiger partial charge < -0.3 is 10.2 Å². The second-order valence-corrected chi connectivity index (χ2v) is 6.33. The highest BCUT2D eigenvalue weighted by molar-refractivity contribution is 6.32. The number of rotatable bonds is 8. The predicted octanol–water partition coefficient (Wildman–Crippen LogP) is 2.61. The maximum atomic E-state index is 12.8. The van der Waals surface area contributed by atoms with Crippen LogP contribution in [0.3, 0.4) is 0 Å². The molecule has 0 radical (unpaired) electrons. The highest BCUT2D eigenvalue weighted by Crippen LogP contribution is 2.20. The summed E-state index contributed by atoms with van der Waals surface area (Å²) in [6.07, 6.45) is 1.58. The van der Waals surface area contributed by atoms with Gasteiger partial charge in [0, 0.05) is 13.1 Å². The van der Waals surface area contributed by atoms with E-state index >= 15 is 0 Å². The van der Waals surface area contributed by atoms with E-state index in [-0.39, 0.29) is 24.2 Å². The number of amides is 2. The Labute approximate surface area is 158 Å². The van der Waals surface area contributed by atoms with Crippen LogP contribution < -0.4 is 5.32 Å². The molecule has 0 unspecified atom stereocenters. The second-order valence-electron chi connectivity index (χ2n) is 5.92. The fourth-order valence-electron chi connectivity index (χ4n) is 2.49. The number of aryl methyl sites for hydroxylation is 1. The van der Waals surface area contributed by atoms with Crippen LogP contribution >= 0.6 is 11.6 Å². The highest BCUT2D eigenvalue weighted by Gasteiger charge is 2.23. The van der Waals surface area contributed by atoms with Gasteiger partial charge in [0.15, 0.2) is 0 Å². The maximum Gasteiger partial charge on any atom is 0.294 e. The second kappa shape index (κ2) is 9.33. The molecule has 0 bridgehead atoms. The third kappa shape index (κ3) is 4.82. The van der Waals surface area contributed by atoms with E-state index in [9.17, 15) is 9.59 Å². The molecule has 0 aliphatic heterocycles. The molecule has 1 heterocycles. The standard InChI is InChI=1S/C18H24ClN5O2/c1-4-10-20-16(25)12-23(11-5-2)18(26)17-21-13(3)24(22-17)15-9-7-6-8-14(15)19/h6-9H,4-5,10-12H2,1-3H3,(H,20,25). The molecule has 2 aromatic rings. The van der Waals surface area contributed by atoms with Gasteiger partial charge in [-0.15, -0.1) is 5.10 Å². The summed E-state index contributed by atoms with van der Waals surface area (Å²) >= 11 is 6.21. The van der Waals surface area contributed by atoms with Crippen LogP contribution in [-0.2, 0) is 4.79 Å². The van der Waals surface area contributed by atoms with Crippen molar-refractivity contribution in [1.29, 1.82) is 0 Å². The van der Waals surface area contributed by atoms with E-state index in [2.05, 4.69) is 15.4 Å². The molecule has 0 saturated heterocycles. The first-order chi connectivity index (χ1) is 12.5. The summed E-state index contributed by atoms with van der Waals surface area (Å²) in [5.74, 6) is 0.0517. The lowest BCUT2D eigenvalue weighted by Crippen LogP contribution is -2.41. The van der Waals surface area contributed by atoms with Crippen LogP contribution in [0.25, 0.3) is 5.69 Å². The smallest absolute Gasteiger partial charge is 0.294 e. The van der Waals surface area contributed by atoms with Gasteiger partial charge >= 0.3 is 0 Å². The Morgan fingerprint density at radius 2 is 1.96 bits per heavy atom. The van der Waals surface area contributed by atoms with Crippen LogP contribution in [0, 0.1) is 6.92 Å². The zero-order valence-electron chi connectivity index (χ0n) is 15.3. The predicted molar refractivity (Wildman–Crippen MR) is 101 cm³/mol. The molecule has 0 spiro atoms. The average Bonchev–Trinajstić information content (AvgIpc) is 3.01. The van der Waals surface area contributed by atoms with Crippen molar-refractivity contribution in [3.8, 4) is 5.69 Å². The molecule has 0 atom stereocenters. The number of carbonyl (C=O) groups is 2. The summed E-state index contributed by atoms with van der Waals surface area (Å²) in [5.41, 5.74) is 0.654. The molecule has 0 fully saturated rings. The molecular formula is C18H24ClN5O2. The van der Waals surface area contributed by atoms with Gasteiger partial charge in [-0.05, 0) is 31.9 Å². The van der Waals surface area contributed by atoms with Crippen molar-refractivity contribution in [3.63, 3.8) is 0 Å². The van der Waals surface area contributed by atoms with E-state index in [0.29, 0.717) is 29.6 Å². The van der Waals surface area contributed by atoms with E-state index in [1.54, 1.807) is 19.1 Å². The first kappa shape index (κ1) is 19.9. The Morgan fingerprint density at radius 3 is 2.62 bits per heavy atom. The van der Waals surface area contributed by atoms with Crippen molar-refractivity contribution < 1.29 is 9.59 Å². The Hall–Kier alpha value is -2.41. The molecular weight excluding hydrogens is 354 g/mol. The Bertz CT molecular complexity index is 775. The number of aromatic nitrogens is 3. The fourth-order valence-corrected chi connectivity index (χ4v) is 2.71. The lowest BCUT2D eigenvalue weighted by Gasteiger charge is -2.20. The van der Waals surface area contributed by atoms with Crippen LogP contribution in [0.5, 0.6) is 0 Å². The van der Waals surface area contributed by atoms with Crippen molar-refractivity contribution in [2.75, 3.05) is 19.6 Å². The van der Waals surface area contributed by atoms with Crippen molar-refractivity contribution in [3.05, 3.63) is 40.9 Å². The highest BCUT2D eigenvalue weighted by atomic mass is 35.5. The van der Waals surface area contributed by atoms with Gasteiger partial charge in [0.1, 0.15) is 5.82 Å². The number of nitrogens with zero attached hydrogens (tertiary/aromatic N) is 4. The van der Waals surface area contributed by atoms with E-state index in [1.807, 2.05) is 26.0 Å². The van der Waals surface area contributed by atoms with Crippen LogP contribution in [0.4, 0.5) is 0 Å². The van der Waals surface area contributed by atoms with Gasteiger partial charge in [0.05, 0.1) is 17.3 Å². The summed E-state index contributed by atoms with van der Waals surface area (Å²) in [5, 5.41) is 7.61. The molecule has 1 aromatic carbocycles. The number of nitrogens with one attached hydrogen (secondary N) is 1. The quantitative estimate of drug-likeness (QED) is 0.766. The third-order valence-corrected chi connectivity index (χ3v) is 4.05. The normalized spacial score (nSPS) is 10.6. The largest absolute Gasteiger partial charge is 0.355 e. The van der Waals surface area contributed by atoms with Crippen LogP contribution in [0.15, 0.2) is 24.3 Å². The molecule has 7 nitrogen and oxygen atoms in total. The van der Waals surface area contributed by atoms with E-state index in [0.717, 1.165) is 12.8 Å². The van der Waals surface area contributed by atoms with E-state index in [4.69, 9.17) is 11.6 Å². The number of hydrogen-bond donors (Lipinski definition) is 1. The van der Waals surface area contributed by atoms with Crippen LogP contribution in [0.1, 0.15) is 43.1 Å². The van der Waals surface area contributed by atoms with Gasteiger partial charge in [0.25, 0.3) is 5.91 Å². The molecule has 1 aromatic heterocycles. The summed E-state index contributed by atoms with van der Waals surface area (Å²) in [7, 11) is 0. The number of carbonyl (C=O) groups excluding carboxylic acids is 2. The first-order valence-corrected chi connectivity index (χ1v) is 9.10. The van der Waals surface area contributed by atoms with Crippen molar-refractivity contribution in [2.45, 2.75) is 33.6 Å². The lowest BCUT2D eigenvalue weighted by molar-refractivity contribution is -0.121. The molecule has 8 heteroatoms. The SMILES string of the molecule is CCCNC(=O)CN(CCC)C(=O)c1nc(C)n(-c2ccccc2Cl)n1. The molecule has 0 aliphatic rings. The van der Waals surface area contributed by atoms with Crippen LogP contribution in [0.2, 0.25) is 5.02 Å². The fraction of sp³-hybridized carbons (Fsp3) is 0.444. The minimum absolute atomic E-state index is 0.00759. The molecule has 2 rings (SSSR count). The average molecular weight is 378 g/mol. The summed E-state index contributed by atoms with van der Waals surface area (Å²) in [4.78, 5) is 30.5. The topological polar surface area (TPSA) is 80.1 Å². The van der Waals surface area contributed by atoms with Crippen molar-refractivity contribution in [1.82, 2.24) is 25.0 Å². The molecule has 0 aliphatic carbocycles. The molecule has 140 valence electrons. The Kier molecular flexibility index (Phi) is 7.15. The lowest BCUT2D eigenvalue weighted by atomic mass is 10.3. The van der Waals surface area contributed by atoms with Crippen molar-refractivity contribution >= 4 is 23.4 Å². The number of para-hydroxylation sites is 1. The van der Waals surface area contributed by atoms with Gasteiger partial charge in [-0.2, -0.15) is 0 Å². The molecule has 0 saturated carbocycles. The van der Waals surface area contributed by atoms with Crippen molar-refractivity contribution in [2.24, 2.45) is 0 Å². The Balaban J connectivity index is 2.23. The number of halogens is 1. The Morgan fingerprint density at radius 1 is 1.23 bits per heavy atom. The van der Waals surface area contributed by atoms with E-state index < -0.39 is 0 Å². The van der Waals surface area contributed by atoms with Gasteiger partial charge in [-0.25, -0.2) is 9.67 Å². The number of benzene rings is 1. The van der Waals surface area contributed by atoms with Gasteiger partial charge in [0.2, 0.25) is 11.7 Å². The summed E-state index contributed by atoms with van der Waals surface area (Å²) in [6, 6.07) is 7.22. The third-order valence-electron chi connectivity index (χ3n) is 3.73.